The highest BCUT2D eigenvalue weighted by molar-refractivity contribution is 4.82. The van der Waals surface area contributed by atoms with Gasteiger partial charge in [-0.3, -0.25) is 0 Å². The second-order valence-electron chi connectivity index (χ2n) is 4.89. The van der Waals surface area contributed by atoms with E-state index in [4.69, 9.17) is 9.47 Å². The summed E-state index contributed by atoms with van der Waals surface area (Å²) < 4.78 is 11.0. The van der Waals surface area contributed by atoms with E-state index in [0.717, 1.165) is 39.2 Å². The second kappa shape index (κ2) is 7.22. The normalized spacial score (nSPS) is 24.6. The van der Waals surface area contributed by atoms with Gasteiger partial charge in [-0.25, -0.2) is 0 Å². The van der Waals surface area contributed by atoms with Gasteiger partial charge >= 0.3 is 0 Å². The van der Waals surface area contributed by atoms with Crippen LogP contribution in [0.15, 0.2) is 0 Å². The Kier molecular flexibility index (Phi) is 6.28. The maximum Gasteiger partial charge on any atom is 0.0668 e. The smallest absolute Gasteiger partial charge is 0.0668 e. The van der Waals surface area contributed by atoms with Crippen molar-refractivity contribution in [3.05, 3.63) is 0 Å². The molecule has 2 unspecified atom stereocenters. The summed E-state index contributed by atoms with van der Waals surface area (Å²) >= 11 is 0. The lowest BCUT2D eigenvalue weighted by molar-refractivity contribution is 0.0258. The zero-order chi connectivity index (χ0) is 11.9. The van der Waals surface area contributed by atoms with Crippen molar-refractivity contribution in [1.29, 1.82) is 0 Å². The molecule has 4 nitrogen and oxygen atoms in total. The van der Waals surface area contributed by atoms with Crippen LogP contribution in [0.25, 0.3) is 0 Å². The Morgan fingerprint density at radius 1 is 1.56 bits per heavy atom. The summed E-state index contributed by atoms with van der Waals surface area (Å²) in [5.41, 5.74) is -0.310. The minimum Gasteiger partial charge on any atom is -0.394 e. The first-order chi connectivity index (χ1) is 7.70. The van der Waals surface area contributed by atoms with Gasteiger partial charge in [-0.1, -0.05) is 6.92 Å². The molecule has 0 amide bonds. The van der Waals surface area contributed by atoms with Crippen LogP contribution in [-0.4, -0.2) is 50.2 Å². The molecule has 0 bridgehead atoms. The van der Waals surface area contributed by atoms with Crippen LogP contribution >= 0.6 is 0 Å². The SMILES string of the molecule is CCCNC(C)(CO)COCC1CCOC1. The first-order valence-electron chi connectivity index (χ1n) is 6.21. The van der Waals surface area contributed by atoms with Gasteiger partial charge in [0, 0.05) is 12.5 Å². The van der Waals surface area contributed by atoms with E-state index in [0.29, 0.717) is 12.5 Å². The van der Waals surface area contributed by atoms with Gasteiger partial charge in [0.25, 0.3) is 0 Å². The van der Waals surface area contributed by atoms with Gasteiger partial charge < -0.3 is 19.9 Å². The monoisotopic (exact) mass is 231 g/mol. The van der Waals surface area contributed by atoms with Crippen molar-refractivity contribution in [2.24, 2.45) is 5.92 Å². The lowest BCUT2D eigenvalue weighted by Crippen LogP contribution is -2.50. The first kappa shape index (κ1) is 13.9. The molecular formula is C12H25NO3. The number of nitrogens with one attached hydrogen (secondary N) is 1. The van der Waals surface area contributed by atoms with Gasteiger partial charge in [-0.05, 0) is 26.3 Å². The van der Waals surface area contributed by atoms with Crippen LogP contribution in [0.3, 0.4) is 0 Å². The van der Waals surface area contributed by atoms with E-state index in [1.807, 2.05) is 6.92 Å². The molecule has 4 heteroatoms. The summed E-state index contributed by atoms with van der Waals surface area (Å²) in [6, 6.07) is 0. The number of aliphatic hydroxyl groups excluding tert-OH is 1. The van der Waals surface area contributed by atoms with Gasteiger partial charge in [-0.15, -0.1) is 0 Å². The van der Waals surface area contributed by atoms with Crippen molar-refractivity contribution < 1.29 is 14.6 Å². The largest absolute Gasteiger partial charge is 0.394 e. The zero-order valence-electron chi connectivity index (χ0n) is 10.5. The van der Waals surface area contributed by atoms with Crippen molar-refractivity contribution in [2.75, 3.05) is 39.6 Å². The van der Waals surface area contributed by atoms with Crippen LogP contribution in [0, 0.1) is 5.92 Å². The van der Waals surface area contributed by atoms with Crippen LogP contribution in [0.4, 0.5) is 0 Å². The highest BCUT2D eigenvalue weighted by Gasteiger charge is 2.24. The second-order valence-corrected chi connectivity index (χ2v) is 4.89. The molecule has 1 aliphatic rings. The fourth-order valence-corrected chi connectivity index (χ4v) is 1.74. The fraction of sp³-hybridized carbons (Fsp3) is 1.00. The molecule has 1 rings (SSSR count). The van der Waals surface area contributed by atoms with Crippen molar-refractivity contribution >= 4 is 0 Å². The van der Waals surface area contributed by atoms with Crippen LogP contribution in [-0.2, 0) is 9.47 Å². The van der Waals surface area contributed by atoms with E-state index in [2.05, 4.69) is 12.2 Å². The predicted molar refractivity (Wildman–Crippen MR) is 63.5 cm³/mol. The Bertz CT molecular complexity index is 183. The summed E-state index contributed by atoms with van der Waals surface area (Å²) in [4.78, 5) is 0. The zero-order valence-corrected chi connectivity index (χ0v) is 10.5. The standard InChI is InChI=1S/C12H25NO3/c1-3-5-13-12(2,9-14)10-16-8-11-4-6-15-7-11/h11,13-14H,3-10H2,1-2H3. The molecule has 0 aromatic carbocycles. The quantitative estimate of drug-likeness (QED) is 0.648. The van der Waals surface area contributed by atoms with Gasteiger partial charge in [-0.2, -0.15) is 0 Å². The van der Waals surface area contributed by atoms with E-state index in [1.165, 1.54) is 0 Å². The third kappa shape index (κ3) is 4.78. The van der Waals surface area contributed by atoms with Crippen LogP contribution < -0.4 is 5.32 Å². The third-order valence-electron chi connectivity index (χ3n) is 2.95. The third-order valence-corrected chi connectivity index (χ3v) is 2.95. The number of hydrogen-bond acceptors (Lipinski definition) is 4. The van der Waals surface area contributed by atoms with Crippen LogP contribution in [0.2, 0.25) is 0 Å². The molecule has 1 fully saturated rings. The Balaban J connectivity index is 2.16. The van der Waals surface area contributed by atoms with Gasteiger partial charge in [0.05, 0.1) is 32.0 Å². The Labute approximate surface area is 98.3 Å². The van der Waals surface area contributed by atoms with Crippen molar-refractivity contribution in [3.63, 3.8) is 0 Å². The maximum atomic E-state index is 9.34. The van der Waals surface area contributed by atoms with Crippen molar-refractivity contribution in [1.82, 2.24) is 5.32 Å². The molecule has 0 aromatic rings. The summed E-state index contributed by atoms with van der Waals surface area (Å²) in [7, 11) is 0. The van der Waals surface area contributed by atoms with Crippen molar-refractivity contribution in [2.45, 2.75) is 32.2 Å². The molecule has 16 heavy (non-hydrogen) atoms. The minimum atomic E-state index is -0.310. The molecule has 0 aromatic heterocycles. The molecule has 2 atom stereocenters. The minimum absolute atomic E-state index is 0.105. The number of aliphatic hydroxyl groups is 1. The van der Waals surface area contributed by atoms with Crippen molar-refractivity contribution in [3.8, 4) is 0 Å². The molecular weight excluding hydrogens is 206 g/mol. The summed E-state index contributed by atoms with van der Waals surface area (Å²) in [6.07, 6.45) is 2.16. The molecule has 1 saturated heterocycles. The predicted octanol–water partition coefficient (Wildman–Crippen LogP) is 0.790. The number of rotatable bonds is 8. The molecule has 0 spiro atoms. The highest BCUT2D eigenvalue weighted by Crippen LogP contribution is 2.13. The molecule has 0 saturated carbocycles. The first-order valence-corrected chi connectivity index (χ1v) is 6.21. The lowest BCUT2D eigenvalue weighted by atomic mass is 10.1. The Hall–Kier alpha value is -0.160. The topological polar surface area (TPSA) is 50.7 Å². The summed E-state index contributed by atoms with van der Waals surface area (Å²) in [6.45, 7) is 8.09. The molecule has 0 radical (unpaired) electrons. The number of ether oxygens (including phenoxy) is 2. The lowest BCUT2D eigenvalue weighted by Gasteiger charge is -2.29. The van der Waals surface area contributed by atoms with Gasteiger partial charge in [0.2, 0.25) is 0 Å². The van der Waals surface area contributed by atoms with E-state index in [1.54, 1.807) is 0 Å². The average Bonchev–Trinajstić information content (AvgIpc) is 2.79. The Morgan fingerprint density at radius 3 is 2.94 bits per heavy atom. The average molecular weight is 231 g/mol. The van der Waals surface area contributed by atoms with Gasteiger partial charge in [0.1, 0.15) is 0 Å². The highest BCUT2D eigenvalue weighted by atomic mass is 16.5. The summed E-state index contributed by atoms with van der Waals surface area (Å²) in [5, 5.41) is 12.7. The number of hydrogen-bond donors (Lipinski definition) is 2. The molecule has 1 aliphatic heterocycles. The molecule has 96 valence electrons. The van der Waals surface area contributed by atoms with E-state index < -0.39 is 0 Å². The Morgan fingerprint density at radius 2 is 2.38 bits per heavy atom. The fourth-order valence-electron chi connectivity index (χ4n) is 1.74. The molecule has 1 heterocycles. The van der Waals surface area contributed by atoms with E-state index in [9.17, 15) is 5.11 Å². The molecule has 2 N–H and O–H groups in total. The maximum absolute atomic E-state index is 9.34. The van der Waals surface area contributed by atoms with E-state index in [-0.39, 0.29) is 12.1 Å². The van der Waals surface area contributed by atoms with Crippen LogP contribution in [0.5, 0.6) is 0 Å². The van der Waals surface area contributed by atoms with E-state index >= 15 is 0 Å². The van der Waals surface area contributed by atoms with Gasteiger partial charge in [0.15, 0.2) is 0 Å². The summed E-state index contributed by atoms with van der Waals surface area (Å²) in [5.74, 6) is 0.536. The van der Waals surface area contributed by atoms with Crippen LogP contribution in [0.1, 0.15) is 26.7 Å². The molecule has 0 aliphatic carbocycles.